The first-order valence-corrected chi connectivity index (χ1v) is 7.00. The van der Waals surface area contributed by atoms with Crippen LogP contribution in [0, 0.1) is 17.2 Å². The van der Waals surface area contributed by atoms with Crippen LogP contribution in [-0.2, 0) is 17.6 Å². The second kappa shape index (κ2) is 5.58. The van der Waals surface area contributed by atoms with Gasteiger partial charge >= 0.3 is 0 Å². The molecule has 0 aromatic carbocycles. The molecule has 0 radical (unpaired) electrons. The molecular weight excluding hydrogens is 240 g/mol. The van der Waals surface area contributed by atoms with E-state index in [9.17, 15) is 5.26 Å². The quantitative estimate of drug-likeness (QED) is 0.834. The maximum Gasteiger partial charge on any atom is 0.231 e. The number of aromatic nitrogens is 1. The first-order chi connectivity index (χ1) is 9.36. The van der Waals surface area contributed by atoms with E-state index in [0.29, 0.717) is 24.0 Å². The molecule has 0 saturated carbocycles. The molecule has 0 bridgehead atoms. The second-order valence-electron chi connectivity index (χ2n) is 5.31. The number of fused-ring (bicyclic) bond motifs is 1. The topological polar surface area (TPSA) is 55.1 Å². The predicted molar refractivity (Wildman–Crippen MR) is 70.0 cm³/mol. The molecule has 1 aliphatic heterocycles. The Kier molecular flexibility index (Phi) is 3.65. The number of pyridine rings is 1. The SMILES string of the molecule is N#Cc1cc2c(nc1OCC1CCOC1)CCCC2. The number of ether oxygens (including phenoxy) is 2. The molecule has 0 N–H and O–H groups in total. The van der Waals surface area contributed by atoms with Crippen LogP contribution >= 0.6 is 0 Å². The molecule has 1 saturated heterocycles. The molecule has 1 atom stereocenters. The maximum atomic E-state index is 9.22. The molecule has 19 heavy (non-hydrogen) atoms. The number of nitrogens with zero attached hydrogens (tertiary/aromatic N) is 2. The molecular formula is C15H18N2O2. The molecule has 0 amide bonds. The second-order valence-corrected chi connectivity index (χ2v) is 5.31. The average molecular weight is 258 g/mol. The molecule has 1 aromatic heterocycles. The number of rotatable bonds is 3. The van der Waals surface area contributed by atoms with Gasteiger partial charge in [0.2, 0.25) is 5.88 Å². The third kappa shape index (κ3) is 2.71. The van der Waals surface area contributed by atoms with E-state index in [4.69, 9.17) is 9.47 Å². The van der Waals surface area contributed by atoms with E-state index in [2.05, 4.69) is 11.1 Å². The van der Waals surface area contributed by atoms with Gasteiger partial charge < -0.3 is 9.47 Å². The third-order valence-electron chi connectivity index (χ3n) is 3.87. The summed E-state index contributed by atoms with van der Waals surface area (Å²) in [7, 11) is 0. The Labute approximate surface area is 113 Å². The molecule has 3 rings (SSSR count). The molecule has 1 aromatic rings. The van der Waals surface area contributed by atoms with Gasteiger partial charge in [-0.05, 0) is 43.7 Å². The Bertz CT molecular complexity index is 502. The van der Waals surface area contributed by atoms with Crippen molar-refractivity contribution in [3.63, 3.8) is 0 Å². The highest BCUT2D eigenvalue weighted by atomic mass is 16.5. The predicted octanol–water partition coefficient (Wildman–Crippen LogP) is 2.25. The van der Waals surface area contributed by atoms with Crippen molar-refractivity contribution in [2.24, 2.45) is 5.92 Å². The minimum Gasteiger partial charge on any atom is -0.476 e. The van der Waals surface area contributed by atoms with Crippen molar-refractivity contribution >= 4 is 0 Å². The lowest BCUT2D eigenvalue weighted by Crippen LogP contribution is -2.14. The van der Waals surface area contributed by atoms with E-state index >= 15 is 0 Å². The summed E-state index contributed by atoms with van der Waals surface area (Å²) in [5.74, 6) is 0.944. The van der Waals surface area contributed by atoms with Crippen LogP contribution in [0.15, 0.2) is 6.07 Å². The first kappa shape index (κ1) is 12.4. The fourth-order valence-corrected chi connectivity index (χ4v) is 2.72. The van der Waals surface area contributed by atoms with E-state index < -0.39 is 0 Å². The Morgan fingerprint density at radius 2 is 2.32 bits per heavy atom. The molecule has 2 aliphatic rings. The molecule has 0 spiro atoms. The van der Waals surface area contributed by atoms with Gasteiger partial charge in [0.15, 0.2) is 0 Å². The Hall–Kier alpha value is -1.60. The van der Waals surface area contributed by atoms with Gasteiger partial charge in [-0.25, -0.2) is 4.98 Å². The Morgan fingerprint density at radius 1 is 1.42 bits per heavy atom. The summed E-state index contributed by atoms with van der Waals surface area (Å²) in [5.41, 5.74) is 2.90. The summed E-state index contributed by atoms with van der Waals surface area (Å²) < 4.78 is 11.1. The zero-order valence-corrected chi connectivity index (χ0v) is 11.0. The van der Waals surface area contributed by atoms with Crippen molar-refractivity contribution in [3.8, 4) is 11.9 Å². The number of aryl methyl sites for hydroxylation is 2. The highest BCUT2D eigenvalue weighted by Crippen LogP contribution is 2.26. The third-order valence-corrected chi connectivity index (χ3v) is 3.87. The van der Waals surface area contributed by atoms with Crippen LogP contribution < -0.4 is 4.74 Å². The highest BCUT2D eigenvalue weighted by Gasteiger charge is 2.19. The van der Waals surface area contributed by atoms with Crippen molar-refractivity contribution in [2.45, 2.75) is 32.1 Å². The van der Waals surface area contributed by atoms with Crippen LogP contribution in [0.4, 0.5) is 0 Å². The van der Waals surface area contributed by atoms with Crippen molar-refractivity contribution < 1.29 is 9.47 Å². The van der Waals surface area contributed by atoms with Crippen LogP contribution in [0.1, 0.15) is 36.1 Å². The van der Waals surface area contributed by atoms with Crippen LogP contribution in [0.2, 0.25) is 0 Å². The lowest BCUT2D eigenvalue weighted by atomic mass is 9.95. The monoisotopic (exact) mass is 258 g/mol. The molecule has 1 fully saturated rings. The molecule has 1 unspecified atom stereocenters. The summed E-state index contributed by atoms with van der Waals surface area (Å²) in [6.45, 7) is 2.17. The average Bonchev–Trinajstić information content (AvgIpc) is 2.97. The minimum absolute atomic E-state index is 0.435. The van der Waals surface area contributed by atoms with Gasteiger partial charge in [0, 0.05) is 18.2 Å². The molecule has 4 heteroatoms. The summed E-state index contributed by atoms with van der Waals surface area (Å²) in [6, 6.07) is 4.16. The van der Waals surface area contributed by atoms with E-state index in [0.717, 1.165) is 38.2 Å². The zero-order valence-electron chi connectivity index (χ0n) is 11.0. The first-order valence-electron chi connectivity index (χ1n) is 7.00. The normalized spacial score (nSPS) is 21.7. The van der Waals surface area contributed by atoms with Gasteiger partial charge in [0.25, 0.3) is 0 Å². The fourth-order valence-electron chi connectivity index (χ4n) is 2.72. The van der Waals surface area contributed by atoms with Gasteiger partial charge in [0.1, 0.15) is 11.6 Å². The Balaban J connectivity index is 1.77. The van der Waals surface area contributed by atoms with Gasteiger partial charge in [-0.1, -0.05) is 0 Å². The van der Waals surface area contributed by atoms with E-state index in [1.807, 2.05) is 6.07 Å². The number of hydrogen-bond donors (Lipinski definition) is 0. The standard InChI is InChI=1S/C15H18N2O2/c16-8-13-7-12-3-1-2-4-14(12)17-15(13)19-10-11-5-6-18-9-11/h7,11H,1-6,9-10H2. The van der Waals surface area contributed by atoms with Crippen LogP contribution in [0.25, 0.3) is 0 Å². The van der Waals surface area contributed by atoms with Gasteiger partial charge in [-0.3, -0.25) is 0 Å². The van der Waals surface area contributed by atoms with Crippen molar-refractivity contribution in [2.75, 3.05) is 19.8 Å². The number of hydrogen-bond acceptors (Lipinski definition) is 4. The van der Waals surface area contributed by atoms with Crippen molar-refractivity contribution in [1.29, 1.82) is 5.26 Å². The van der Waals surface area contributed by atoms with Crippen molar-refractivity contribution in [1.82, 2.24) is 4.98 Å². The molecule has 1 aliphatic carbocycles. The summed E-state index contributed by atoms with van der Waals surface area (Å²) in [6.07, 6.45) is 5.45. The van der Waals surface area contributed by atoms with Gasteiger partial charge in [0.05, 0.1) is 13.2 Å². The number of nitriles is 1. The zero-order chi connectivity index (χ0) is 13.1. The lowest BCUT2D eigenvalue weighted by Gasteiger charge is -2.17. The minimum atomic E-state index is 0.435. The molecule has 100 valence electrons. The highest BCUT2D eigenvalue weighted by molar-refractivity contribution is 5.43. The van der Waals surface area contributed by atoms with E-state index in [-0.39, 0.29) is 0 Å². The lowest BCUT2D eigenvalue weighted by molar-refractivity contribution is 0.165. The Morgan fingerprint density at radius 3 is 3.11 bits per heavy atom. The molecule has 4 nitrogen and oxygen atoms in total. The van der Waals surface area contributed by atoms with Gasteiger partial charge in [-0.15, -0.1) is 0 Å². The maximum absolute atomic E-state index is 9.22. The van der Waals surface area contributed by atoms with E-state index in [1.54, 1.807) is 0 Å². The van der Waals surface area contributed by atoms with Crippen LogP contribution in [-0.4, -0.2) is 24.8 Å². The van der Waals surface area contributed by atoms with Crippen LogP contribution in [0.3, 0.4) is 0 Å². The summed E-state index contributed by atoms with van der Waals surface area (Å²) in [4.78, 5) is 4.56. The fraction of sp³-hybridized carbons (Fsp3) is 0.600. The molecule has 2 heterocycles. The van der Waals surface area contributed by atoms with Gasteiger partial charge in [-0.2, -0.15) is 5.26 Å². The van der Waals surface area contributed by atoms with Crippen LogP contribution in [0.5, 0.6) is 5.88 Å². The smallest absolute Gasteiger partial charge is 0.231 e. The van der Waals surface area contributed by atoms with Crippen molar-refractivity contribution in [3.05, 3.63) is 22.9 Å². The van der Waals surface area contributed by atoms with E-state index in [1.165, 1.54) is 18.4 Å². The summed E-state index contributed by atoms with van der Waals surface area (Å²) >= 11 is 0. The largest absolute Gasteiger partial charge is 0.476 e. The summed E-state index contributed by atoms with van der Waals surface area (Å²) in [5, 5.41) is 9.22.